The van der Waals surface area contributed by atoms with Gasteiger partial charge in [0.2, 0.25) is 0 Å². The maximum Gasteiger partial charge on any atom is 0.529 e. The smallest absolute Gasteiger partial charge is 0.371 e. The van der Waals surface area contributed by atoms with Crippen molar-refractivity contribution in [3.05, 3.63) is 12.3 Å². The summed E-state index contributed by atoms with van der Waals surface area (Å²) < 4.78 is 17.1. The molecule has 0 aliphatic heterocycles. The van der Waals surface area contributed by atoms with Gasteiger partial charge >= 0.3 is 8.80 Å². The van der Waals surface area contributed by atoms with E-state index in [1.165, 1.54) is 0 Å². The molecule has 0 amide bonds. The first-order valence-corrected chi connectivity index (χ1v) is 7.53. The lowest BCUT2D eigenvalue weighted by atomic mass is 10.2. The van der Waals surface area contributed by atoms with Gasteiger partial charge < -0.3 is 13.3 Å². The Bertz CT molecular complexity index is 167. The van der Waals surface area contributed by atoms with Crippen molar-refractivity contribution in [3.8, 4) is 0 Å². The van der Waals surface area contributed by atoms with Crippen LogP contribution in [-0.2, 0) is 13.3 Å². The molecule has 0 aromatic heterocycles. The molecule has 0 bridgehead atoms. The normalized spacial score (nSPS) is 13.9. The molecule has 1 atom stereocenters. The van der Waals surface area contributed by atoms with Crippen LogP contribution in [0.1, 0.15) is 40.5 Å². The lowest BCUT2D eigenvalue weighted by Gasteiger charge is -2.28. The molecular formula is C11H24O3Si. The third-order valence-corrected chi connectivity index (χ3v) is 4.61. The van der Waals surface area contributed by atoms with Gasteiger partial charge in [-0.25, -0.2) is 0 Å². The van der Waals surface area contributed by atoms with E-state index in [9.17, 15) is 0 Å². The minimum atomic E-state index is -2.61. The van der Waals surface area contributed by atoms with Crippen LogP contribution in [0.3, 0.4) is 0 Å². The Labute approximate surface area is 94.8 Å². The molecule has 0 N–H and O–H groups in total. The predicted molar refractivity (Wildman–Crippen MR) is 64.7 cm³/mol. The average Bonchev–Trinajstić information content (AvgIpc) is 2.18. The van der Waals surface area contributed by atoms with Crippen LogP contribution >= 0.6 is 0 Å². The van der Waals surface area contributed by atoms with Crippen molar-refractivity contribution < 1.29 is 13.3 Å². The second-order valence-corrected chi connectivity index (χ2v) is 5.82. The van der Waals surface area contributed by atoms with Crippen molar-refractivity contribution >= 4 is 8.80 Å². The van der Waals surface area contributed by atoms with Crippen LogP contribution in [0.15, 0.2) is 12.3 Å². The molecule has 0 saturated heterocycles. The summed E-state index contributed by atoms with van der Waals surface area (Å²) in [6.45, 7) is 13.0. The van der Waals surface area contributed by atoms with E-state index in [0.29, 0.717) is 13.2 Å². The molecule has 1 unspecified atom stereocenters. The predicted octanol–water partition coefficient (Wildman–Crippen LogP) is 2.93. The van der Waals surface area contributed by atoms with Crippen molar-refractivity contribution in [1.29, 1.82) is 0 Å². The monoisotopic (exact) mass is 232 g/mol. The molecule has 0 saturated carbocycles. The second-order valence-electron chi connectivity index (χ2n) is 3.39. The molecule has 0 rings (SSSR count). The summed E-state index contributed by atoms with van der Waals surface area (Å²) in [4.78, 5) is 0. The summed E-state index contributed by atoms with van der Waals surface area (Å²) in [5.41, 5.74) is 1.71. The van der Waals surface area contributed by atoms with E-state index >= 15 is 0 Å². The van der Waals surface area contributed by atoms with Gasteiger partial charge in [-0.15, -0.1) is 0 Å². The minimum Gasteiger partial charge on any atom is -0.371 e. The fourth-order valence-electron chi connectivity index (χ4n) is 1.42. The first kappa shape index (κ1) is 14.8. The van der Waals surface area contributed by atoms with E-state index < -0.39 is 8.80 Å². The van der Waals surface area contributed by atoms with E-state index in [-0.39, 0.29) is 6.10 Å². The van der Waals surface area contributed by atoms with Gasteiger partial charge in [-0.05, 0) is 32.9 Å². The van der Waals surface area contributed by atoms with Gasteiger partial charge in [0.1, 0.15) is 0 Å². The van der Waals surface area contributed by atoms with Gasteiger partial charge in [-0.3, -0.25) is 0 Å². The molecule has 0 aromatic carbocycles. The Morgan fingerprint density at radius 2 is 1.73 bits per heavy atom. The largest absolute Gasteiger partial charge is 0.529 e. The molecule has 0 aliphatic carbocycles. The fourth-order valence-corrected chi connectivity index (χ4v) is 3.46. The molecular weight excluding hydrogens is 208 g/mol. The highest BCUT2D eigenvalue weighted by Gasteiger charge is 2.38. The van der Waals surface area contributed by atoms with Crippen molar-refractivity contribution in [2.75, 3.05) is 13.2 Å². The van der Waals surface area contributed by atoms with Gasteiger partial charge in [0, 0.05) is 19.3 Å². The summed E-state index contributed by atoms with van der Waals surface area (Å²) in [6, 6.07) is 0. The van der Waals surface area contributed by atoms with Crippen molar-refractivity contribution in [2.24, 2.45) is 0 Å². The first-order chi connectivity index (χ1) is 7.14. The van der Waals surface area contributed by atoms with Crippen LogP contribution < -0.4 is 0 Å². The first-order valence-electron chi connectivity index (χ1n) is 5.73. The van der Waals surface area contributed by atoms with Crippen LogP contribution in [0, 0.1) is 0 Å². The van der Waals surface area contributed by atoms with E-state index in [1.807, 2.05) is 20.8 Å². The topological polar surface area (TPSA) is 27.7 Å². The minimum absolute atomic E-state index is 0.165. The van der Waals surface area contributed by atoms with Crippen LogP contribution in [-0.4, -0.2) is 28.1 Å². The summed E-state index contributed by atoms with van der Waals surface area (Å²) in [5, 5.41) is 0. The molecule has 15 heavy (non-hydrogen) atoms. The molecule has 0 spiro atoms. The van der Waals surface area contributed by atoms with Gasteiger partial charge in [0.15, 0.2) is 0 Å². The summed E-state index contributed by atoms with van der Waals surface area (Å²) >= 11 is 0. The summed E-state index contributed by atoms with van der Waals surface area (Å²) in [5.74, 6) is 0. The van der Waals surface area contributed by atoms with Crippen molar-refractivity contribution in [3.63, 3.8) is 0 Å². The zero-order valence-corrected chi connectivity index (χ0v) is 11.4. The van der Waals surface area contributed by atoms with E-state index in [2.05, 4.69) is 13.5 Å². The molecule has 0 aliphatic rings. The van der Waals surface area contributed by atoms with Gasteiger partial charge in [0.05, 0.1) is 0 Å². The van der Waals surface area contributed by atoms with Crippen LogP contribution in [0.2, 0.25) is 0 Å². The fraction of sp³-hybridized carbons (Fsp3) is 0.818. The highest BCUT2D eigenvalue weighted by Crippen LogP contribution is 2.16. The number of rotatable bonds is 9. The Balaban J connectivity index is 4.37. The molecule has 4 heteroatoms. The highest BCUT2D eigenvalue weighted by molar-refractivity contribution is 6.66. The van der Waals surface area contributed by atoms with Crippen molar-refractivity contribution in [1.82, 2.24) is 0 Å². The van der Waals surface area contributed by atoms with Gasteiger partial charge in [-0.2, -0.15) is 0 Å². The van der Waals surface area contributed by atoms with E-state index in [1.54, 1.807) is 5.70 Å². The third kappa shape index (κ3) is 5.46. The standard InChI is InChI=1S/C11H24O3Si/c1-6-10-11(5)14-15(9-4,12-7-2)13-8-3/h9,11H,4,6-8,10H2,1-3,5H3. The molecule has 90 valence electrons. The Morgan fingerprint density at radius 3 is 2.07 bits per heavy atom. The maximum atomic E-state index is 5.88. The Kier molecular flexibility index (Phi) is 7.96. The molecule has 0 aromatic rings. The van der Waals surface area contributed by atoms with Gasteiger partial charge in [-0.1, -0.05) is 19.9 Å². The lowest BCUT2D eigenvalue weighted by molar-refractivity contribution is 0.0468. The molecule has 3 nitrogen and oxygen atoms in total. The molecule has 0 heterocycles. The zero-order chi connectivity index (χ0) is 11.7. The van der Waals surface area contributed by atoms with Gasteiger partial charge in [0.25, 0.3) is 0 Å². The quantitative estimate of drug-likeness (QED) is 0.572. The van der Waals surface area contributed by atoms with E-state index in [4.69, 9.17) is 13.3 Å². The van der Waals surface area contributed by atoms with Crippen LogP contribution in [0.25, 0.3) is 0 Å². The molecule has 0 radical (unpaired) electrons. The Morgan fingerprint density at radius 1 is 1.20 bits per heavy atom. The lowest BCUT2D eigenvalue weighted by Crippen LogP contribution is -2.46. The summed E-state index contributed by atoms with van der Waals surface area (Å²) in [7, 11) is -2.61. The Hall–Kier alpha value is -0.163. The van der Waals surface area contributed by atoms with E-state index in [0.717, 1.165) is 12.8 Å². The average molecular weight is 232 g/mol. The molecule has 0 fully saturated rings. The number of hydrogen-bond acceptors (Lipinski definition) is 3. The third-order valence-electron chi connectivity index (χ3n) is 2.00. The summed E-state index contributed by atoms with van der Waals surface area (Å²) in [6.07, 6.45) is 2.28. The van der Waals surface area contributed by atoms with Crippen molar-refractivity contribution in [2.45, 2.75) is 46.6 Å². The highest BCUT2D eigenvalue weighted by atomic mass is 28.4. The number of hydrogen-bond donors (Lipinski definition) is 0. The second kappa shape index (κ2) is 8.04. The zero-order valence-electron chi connectivity index (χ0n) is 10.4. The van der Waals surface area contributed by atoms with Crippen LogP contribution in [0.5, 0.6) is 0 Å². The SMILES string of the molecule is C=C[Si](OCC)(OCC)OC(C)CCC. The maximum absolute atomic E-state index is 5.88. The van der Waals surface area contributed by atoms with Crippen LogP contribution in [0.4, 0.5) is 0 Å².